The van der Waals surface area contributed by atoms with Crippen molar-refractivity contribution < 1.29 is 9.53 Å². The Morgan fingerprint density at radius 1 is 1.65 bits per heavy atom. The van der Waals surface area contributed by atoms with Gasteiger partial charge in [-0.2, -0.15) is 5.10 Å². The van der Waals surface area contributed by atoms with E-state index in [0.717, 1.165) is 0 Å². The minimum absolute atomic E-state index is 0.275. The SMILES string of the molecule is COCCCC(N)C(=O)Nc1ccc(=O)[nH]n1. The lowest BCUT2D eigenvalue weighted by atomic mass is 10.1. The number of nitrogens with two attached hydrogens (primary N) is 1. The van der Waals surface area contributed by atoms with Gasteiger partial charge in [-0.1, -0.05) is 0 Å². The Morgan fingerprint density at radius 3 is 3.00 bits per heavy atom. The van der Waals surface area contributed by atoms with Gasteiger partial charge < -0.3 is 15.8 Å². The highest BCUT2D eigenvalue weighted by atomic mass is 16.5. The molecule has 1 amide bonds. The zero-order valence-electron chi connectivity index (χ0n) is 9.60. The third-order valence-electron chi connectivity index (χ3n) is 2.13. The molecule has 1 aromatic heterocycles. The summed E-state index contributed by atoms with van der Waals surface area (Å²) >= 11 is 0. The Bertz CT molecular complexity index is 398. The van der Waals surface area contributed by atoms with Gasteiger partial charge >= 0.3 is 0 Å². The lowest BCUT2D eigenvalue weighted by molar-refractivity contribution is -0.117. The topological polar surface area (TPSA) is 110 Å². The highest BCUT2D eigenvalue weighted by molar-refractivity contribution is 5.93. The van der Waals surface area contributed by atoms with Crippen LogP contribution >= 0.6 is 0 Å². The van der Waals surface area contributed by atoms with Crippen molar-refractivity contribution >= 4 is 11.7 Å². The summed E-state index contributed by atoms with van der Waals surface area (Å²) in [4.78, 5) is 22.3. The zero-order valence-corrected chi connectivity index (χ0v) is 9.60. The summed E-state index contributed by atoms with van der Waals surface area (Å²) < 4.78 is 4.86. The molecule has 0 spiro atoms. The van der Waals surface area contributed by atoms with E-state index < -0.39 is 6.04 Å². The van der Waals surface area contributed by atoms with Gasteiger partial charge in [0.1, 0.15) is 0 Å². The summed E-state index contributed by atoms with van der Waals surface area (Å²) in [6.07, 6.45) is 1.24. The Balaban J connectivity index is 2.42. The second-order valence-corrected chi connectivity index (χ2v) is 3.54. The van der Waals surface area contributed by atoms with Crippen LogP contribution in [0.2, 0.25) is 0 Å². The molecular formula is C10H16N4O3. The maximum absolute atomic E-state index is 11.6. The number of aromatic nitrogens is 2. The lowest BCUT2D eigenvalue weighted by Gasteiger charge is -2.10. The van der Waals surface area contributed by atoms with Crippen LogP contribution in [-0.4, -0.2) is 35.9 Å². The molecule has 1 heterocycles. The van der Waals surface area contributed by atoms with Gasteiger partial charge in [-0.05, 0) is 18.9 Å². The van der Waals surface area contributed by atoms with Crippen LogP contribution in [0.3, 0.4) is 0 Å². The van der Waals surface area contributed by atoms with Crippen molar-refractivity contribution in [2.24, 2.45) is 5.73 Å². The highest BCUT2D eigenvalue weighted by Crippen LogP contribution is 2.00. The molecule has 7 heteroatoms. The van der Waals surface area contributed by atoms with E-state index in [1.807, 2.05) is 0 Å². The molecule has 0 radical (unpaired) electrons. The third kappa shape index (κ3) is 4.75. The summed E-state index contributed by atoms with van der Waals surface area (Å²) in [6, 6.07) is 2.08. The van der Waals surface area contributed by atoms with E-state index >= 15 is 0 Å². The minimum atomic E-state index is -0.612. The maximum atomic E-state index is 11.6. The predicted molar refractivity (Wildman–Crippen MR) is 62.6 cm³/mol. The zero-order chi connectivity index (χ0) is 12.7. The van der Waals surface area contributed by atoms with Crippen molar-refractivity contribution in [3.05, 3.63) is 22.5 Å². The first-order chi connectivity index (χ1) is 8.13. The van der Waals surface area contributed by atoms with Crippen molar-refractivity contribution in [3.63, 3.8) is 0 Å². The van der Waals surface area contributed by atoms with Crippen LogP contribution in [0.25, 0.3) is 0 Å². The molecular weight excluding hydrogens is 224 g/mol. The number of carbonyl (C=O) groups excluding carboxylic acids is 1. The number of rotatable bonds is 6. The van der Waals surface area contributed by atoms with Gasteiger partial charge in [0.25, 0.3) is 5.56 Å². The van der Waals surface area contributed by atoms with Crippen LogP contribution in [0.1, 0.15) is 12.8 Å². The smallest absolute Gasteiger partial charge is 0.264 e. The third-order valence-corrected chi connectivity index (χ3v) is 2.13. The molecule has 0 bridgehead atoms. The number of aromatic amines is 1. The Kier molecular flexibility index (Phi) is 5.31. The number of amides is 1. The van der Waals surface area contributed by atoms with E-state index in [1.54, 1.807) is 7.11 Å². The average molecular weight is 240 g/mol. The summed E-state index contributed by atoms with van der Waals surface area (Å²) in [5.41, 5.74) is 5.34. The Morgan fingerprint density at radius 2 is 2.41 bits per heavy atom. The van der Waals surface area contributed by atoms with E-state index in [1.165, 1.54) is 12.1 Å². The van der Waals surface area contributed by atoms with Gasteiger partial charge in [0, 0.05) is 19.8 Å². The minimum Gasteiger partial charge on any atom is -0.385 e. The Hall–Kier alpha value is -1.73. The highest BCUT2D eigenvalue weighted by Gasteiger charge is 2.13. The Labute approximate surface area is 98.4 Å². The number of carbonyl (C=O) groups is 1. The fraction of sp³-hybridized carbons (Fsp3) is 0.500. The number of nitrogens with zero attached hydrogens (tertiary/aromatic N) is 1. The van der Waals surface area contributed by atoms with Crippen molar-refractivity contribution in [2.45, 2.75) is 18.9 Å². The number of anilines is 1. The molecule has 0 aromatic carbocycles. The molecule has 0 aliphatic rings. The molecule has 0 aliphatic heterocycles. The number of ether oxygens (including phenoxy) is 1. The molecule has 1 atom stereocenters. The first-order valence-electron chi connectivity index (χ1n) is 5.24. The summed E-state index contributed by atoms with van der Waals surface area (Å²) in [5, 5.41) is 8.37. The summed E-state index contributed by atoms with van der Waals surface area (Å²) in [6.45, 7) is 0.567. The van der Waals surface area contributed by atoms with Gasteiger partial charge in [0.2, 0.25) is 5.91 Å². The van der Waals surface area contributed by atoms with E-state index in [4.69, 9.17) is 10.5 Å². The number of nitrogens with one attached hydrogen (secondary N) is 2. The van der Waals surface area contributed by atoms with Crippen LogP contribution < -0.4 is 16.6 Å². The van der Waals surface area contributed by atoms with Crippen molar-refractivity contribution in [2.75, 3.05) is 19.0 Å². The second kappa shape index (κ2) is 6.77. The fourth-order valence-electron chi connectivity index (χ4n) is 1.21. The van der Waals surface area contributed by atoms with Crippen LogP contribution in [0.15, 0.2) is 16.9 Å². The molecule has 94 valence electrons. The standard InChI is InChI=1S/C10H16N4O3/c1-17-6-2-3-7(11)10(16)12-8-4-5-9(15)14-13-8/h4-5,7H,2-3,6,11H2,1H3,(H,14,15)(H,12,13,16). The second-order valence-electron chi connectivity index (χ2n) is 3.54. The molecule has 0 fully saturated rings. The molecule has 17 heavy (non-hydrogen) atoms. The average Bonchev–Trinajstić information content (AvgIpc) is 2.32. The molecule has 1 unspecified atom stereocenters. The maximum Gasteiger partial charge on any atom is 0.264 e. The summed E-state index contributed by atoms with van der Waals surface area (Å²) in [5.74, 6) is -0.0579. The first-order valence-corrected chi connectivity index (χ1v) is 5.24. The molecule has 1 aromatic rings. The summed E-state index contributed by atoms with van der Waals surface area (Å²) in [7, 11) is 1.59. The van der Waals surface area contributed by atoms with Gasteiger partial charge in [-0.25, -0.2) is 5.10 Å². The molecule has 1 rings (SSSR count). The molecule has 0 aliphatic carbocycles. The van der Waals surface area contributed by atoms with Gasteiger partial charge in [-0.3, -0.25) is 9.59 Å². The van der Waals surface area contributed by atoms with Crippen LogP contribution in [-0.2, 0) is 9.53 Å². The van der Waals surface area contributed by atoms with Crippen molar-refractivity contribution in [1.29, 1.82) is 0 Å². The number of H-pyrrole nitrogens is 1. The van der Waals surface area contributed by atoms with Crippen molar-refractivity contribution in [3.8, 4) is 0 Å². The van der Waals surface area contributed by atoms with Crippen LogP contribution in [0.5, 0.6) is 0 Å². The molecule has 7 nitrogen and oxygen atoms in total. The van der Waals surface area contributed by atoms with Crippen LogP contribution in [0, 0.1) is 0 Å². The largest absolute Gasteiger partial charge is 0.385 e. The number of hydrogen-bond donors (Lipinski definition) is 3. The normalized spacial score (nSPS) is 12.1. The van der Waals surface area contributed by atoms with Crippen LogP contribution in [0.4, 0.5) is 5.82 Å². The van der Waals surface area contributed by atoms with Gasteiger partial charge in [-0.15, -0.1) is 0 Å². The van der Waals surface area contributed by atoms with E-state index in [2.05, 4.69) is 15.5 Å². The molecule has 0 saturated carbocycles. The molecule has 4 N–H and O–H groups in total. The quantitative estimate of drug-likeness (QED) is 0.578. The predicted octanol–water partition coefficient (Wildman–Crippen LogP) is -0.538. The first kappa shape index (κ1) is 13.3. The van der Waals surface area contributed by atoms with E-state index in [9.17, 15) is 9.59 Å². The monoisotopic (exact) mass is 240 g/mol. The number of methoxy groups -OCH3 is 1. The van der Waals surface area contributed by atoms with E-state index in [0.29, 0.717) is 19.4 Å². The van der Waals surface area contributed by atoms with Gasteiger partial charge in [0.05, 0.1) is 6.04 Å². The van der Waals surface area contributed by atoms with Crippen molar-refractivity contribution in [1.82, 2.24) is 10.2 Å². The number of hydrogen-bond acceptors (Lipinski definition) is 5. The van der Waals surface area contributed by atoms with Gasteiger partial charge in [0.15, 0.2) is 5.82 Å². The van der Waals surface area contributed by atoms with E-state index in [-0.39, 0.29) is 17.3 Å². The molecule has 0 saturated heterocycles. The lowest BCUT2D eigenvalue weighted by Crippen LogP contribution is -2.36. The fourth-order valence-corrected chi connectivity index (χ4v) is 1.21.